The molecule has 0 atom stereocenters. The van der Waals surface area contributed by atoms with Crippen molar-refractivity contribution in [1.82, 2.24) is 20.6 Å². The summed E-state index contributed by atoms with van der Waals surface area (Å²) in [5.41, 5.74) is -0.703. The molecule has 1 aromatic heterocycles. The summed E-state index contributed by atoms with van der Waals surface area (Å²) < 4.78 is 6.23. The molecule has 0 spiro atoms. The molecule has 0 aliphatic heterocycles. The van der Waals surface area contributed by atoms with Gasteiger partial charge in [0.15, 0.2) is 5.82 Å². The minimum Gasteiger partial charge on any atom is -0.462 e. The van der Waals surface area contributed by atoms with Gasteiger partial charge >= 0.3 is 5.97 Å². The summed E-state index contributed by atoms with van der Waals surface area (Å²) in [5, 5.41) is 15.3. The fraction of sp³-hybridized carbons (Fsp3) is 0.905. The Balaban J connectivity index is 0.00000225. The molecule has 0 aromatic carbocycles. The maximum absolute atomic E-state index is 13.9. The number of tetrazole rings is 1. The summed E-state index contributed by atoms with van der Waals surface area (Å²) in [7, 11) is 0. The van der Waals surface area contributed by atoms with Crippen molar-refractivity contribution in [3.05, 3.63) is 5.82 Å². The van der Waals surface area contributed by atoms with E-state index in [9.17, 15) is 4.79 Å². The Bertz CT molecular complexity index is 574. The summed E-state index contributed by atoms with van der Waals surface area (Å²) in [4.78, 5) is 13.9. The van der Waals surface area contributed by atoms with Crippen molar-refractivity contribution in [2.75, 3.05) is 0 Å². The van der Waals surface area contributed by atoms with Crippen LogP contribution in [0.15, 0.2) is 0 Å². The van der Waals surface area contributed by atoms with Crippen molar-refractivity contribution in [3.8, 4) is 0 Å². The second kappa shape index (κ2) is 10.4. The van der Waals surface area contributed by atoms with Crippen LogP contribution in [-0.2, 0) is 14.9 Å². The first-order valence-electron chi connectivity index (χ1n) is 11.3. The molecule has 3 aliphatic rings. The quantitative estimate of drug-likeness (QED) is 0.494. The molecule has 0 saturated heterocycles. The molecule has 4 rings (SSSR count). The Kier molecular flexibility index (Phi) is 8.18. The largest absolute Gasteiger partial charge is 0.462 e. The molecule has 154 valence electrons. The number of carbonyl (C=O) groups excluding carboxylic acids is 1. The average Bonchev–Trinajstić information content (AvgIpc) is 3.26. The zero-order chi connectivity index (χ0) is 18.5. The molecule has 0 amide bonds. The minimum atomic E-state index is -0.703. The maximum atomic E-state index is 13.9. The van der Waals surface area contributed by atoms with Crippen LogP contribution in [0.5, 0.6) is 0 Å². The van der Waals surface area contributed by atoms with E-state index in [1.165, 1.54) is 57.8 Å². The van der Waals surface area contributed by atoms with Crippen LogP contribution in [0.3, 0.4) is 0 Å². The van der Waals surface area contributed by atoms with Crippen LogP contribution in [0.2, 0.25) is 0 Å². The standard InChI is InChI=1S/C21H34N4O2.Sn/c26-20(27-18-14-8-3-9-15-18)21(19-22-24-25-23-19,16-10-4-1-5-11-16)17-12-6-2-7-13-17;/h16-18H,1-15H2,(H,22,23,24,25);. The van der Waals surface area contributed by atoms with Crippen molar-refractivity contribution in [2.24, 2.45) is 11.8 Å². The maximum Gasteiger partial charge on any atom is 0.320 e. The van der Waals surface area contributed by atoms with E-state index in [-0.39, 0.29) is 47.8 Å². The van der Waals surface area contributed by atoms with Gasteiger partial charge in [-0.3, -0.25) is 4.79 Å². The van der Waals surface area contributed by atoms with E-state index in [0.29, 0.717) is 5.82 Å². The molecule has 4 radical (unpaired) electrons. The van der Waals surface area contributed by atoms with Crippen LogP contribution in [0.4, 0.5) is 0 Å². The molecule has 0 unspecified atom stereocenters. The number of nitrogens with one attached hydrogen (secondary N) is 1. The SMILES string of the molecule is O=C(OC1CCCCC1)C(c1nn[nH]n1)(C1CCCCC1)C1CCCCC1.[Sn]. The van der Waals surface area contributed by atoms with E-state index in [2.05, 4.69) is 20.6 Å². The first kappa shape index (κ1) is 22.0. The van der Waals surface area contributed by atoms with Gasteiger partial charge in [0.05, 0.1) is 0 Å². The van der Waals surface area contributed by atoms with E-state index < -0.39 is 5.41 Å². The van der Waals surface area contributed by atoms with E-state index in [4.69, 9.17) is 4.74 Å². The Morgan fingerprint density at radius 2 is 1.32 bits per heavy atom. The van der Waals surface area contributed by atoms with Gasteiger partial charge in [0.1, 0.15) is 11.5 Å². The molecular weight excluding hydrogens is 459 g/mol. The summed E-state index contributed by atoms with van der Waals surface area (Å²) in [6.07, 6.45) is 17.3. The Hall–Kier alpha value is -0.661. The molecule has 1 N–H and O–H groups in total. The third-order valence-electron chi connectivity index (χ3n) is 7.38. The van der Waals surface area contributed by atoms with Gasteiger partial charge in [-0.2, -0.15) is 5.21 Å². The molecule has 3 saturated carbocycles. The van der Waals surface area contributed by atoms with Crippen molar-refractivity contribution < 1.29 is 9.53 Å². The van der Waals surface area contributed by atoms with Crippen LogP contribution >= 0.6 is 0 Å². The molecule has 1 aromatic rings. The van der Waals surface area contributed by atoms with E-state index in [1.807, 2.05) is 0 Å². The zero-order valence-corrected chi connectivity index (χ0v) is 19.9. The van der Waals surface area contributed by atoms with Gasteiger partial charge < -0.3 is 4.74 Å². The van der Waals surface area contributed by atoms with Crippen LogP contribution in [-0.4, -0.2) is 56.6 Å². The van der Waals surface area contributed by atoms with Crippen LogP contribution in [0.1, 0.15) is 102 Å². The Morgan fingerprint density at radius 1 is 0.821 bits per heavy atom. The fourth-order valence-corrected chi connectivity index (χ4v) is 6.01. The molecular formula is C21H34N4O2Sn. The van der Waals surface area contributed by atoms with Crippen LogP contribution in [0.25, 0.3) is 0 Å². The predicted molar refractivity (Wildman–Crippen MR) is 108 cm³/mol. The molecule has 3 aliphatic carbocycles. The number of esters is 1. The number of carbonyl (C=O) groups is 1. The second-order valence-corrected chi connectivity index (χ2v) is 8.94. The average molecular weight is 493 g/mol. The number of hydrogen-bond acceptors (Lipinski definition) is 5. The number of aromatic nitrogens is 4. The second-order valence-electron chi connectivity index (χ2n) is 8.94. The van der Waals surface area contributed by atoms with Crippen molar-refractivity contribution >= 4 is 29.9 Å². The minimum absolute atomic E-state index is 0. The molecule has 0 bridgehead atoms. The smallest absolute Gasteiger partial charge is 0.320 e. The van der Waals surface area contributed by atoms with Crippen LogP contribution in [0, 0.1) is 11.8 Å². The number of ether oxygens (including phenoxy) is 1. The Labute approximate surface area is 185 Å². The topological polar surface area (TPSA) is 80.8 Å². The van der Waals surface area contributed by atoms with Gasteiger partial charge in [0, 0.05) is 23.9 Å². The normalized spacial score (nSPS) is 23.1. The van der Waals surface area contributed by atoms with Gasteiger partial charge in [-0.15, -0.1) is 10.2 Å². The van der Waals surface area contributed by atoms with Gasteiger partial charge in [-0.25, -0.2) is 0 Å². The van der Waals surface area contributed by atoms with E-state index in [1.54, 1.807) is 0 Å². The number of H-pyrrole nitrogens is 1. The monoisotopic (exact) mass is 494 g/mol. The molecule has 3 fully saturated rings. The number of hydrogen-bond donors (Lipinski definition) is 1. The number of aromatic amines is 1. The van der Waals surface area contributed by atoms with Crippen LogP contribution < -0.4 is 0 Å². The summed E-state index contributed by atoms with van der Waals surface area (Å²) in [6.45, 7) is 0. The predicted octanol–water partition coefficient (Wildman–Crippen LogP) is 4.09. The van der Waals surface area contributed by atoms with E-state index >= 15 is 0 Å². The van der Waals surface area contributed by atoms with Crippen molar-refractivity contribution in [2.45, 2.75) is 108 Å². The third kappa shape index (κ3) is 4.41. The molecule has 6 nitrogen and oxygen atoms in total. The van der Waals surface area contributed by atoms with Crippen molar-refractivity contribution in [1.29, 1.82) is 0 Å². The van der Waals surface area contributed by atoms with Gasteiger partial charge in [0.25, 0.3) is 0 Å². The number of rotatable bonds is 5. The molecule has 7 heteroatoms. The van der Waals surface area contributed by atoms with Gasteiger partial charge in [-0.1, -0.05) is 50.2 Å². The van der Waals surface area contributed by atoms with Gasteiger partial charge in [0.2, 0.25) is 0 Å². The first-order valence-corrected chi connectivity index (χ1v) is 11.3. The fourth-order valence-electron chi connectivity index (χ4n) is 6.01. The summed E-state index contributed by atoms with van der Waals surface area (Å²) in [5.74, 6) is 1.11. The first-order chi connectivity index (χ1) is 13.3. The third-order valence-corrected chi connectivity index (χ3v) is 7.38. The number of nitrogens with zero attached hydrogens (tertiary/aromatic N) is 3. The summed E-state index contributed by atoms with van der Waals surface area (Å²) in [6, 6.07) is 0. The van der Waals surface area contributed by atoms with Crippen molar-refractivity contribution in [3.63, 3.8) is 0 Å². The molecule has 1 heterocycles. The van der Waals surface area contributed by atoms with E-state index in [0.717, 1.165) is 38.5 Å². The Morgan fingerprint density at radius 3 is 1.79 bits per heavy atom. The summed E-state index contributed by atoms with van der Waals surface area (Å²) >= 11 is 0. The van der Waals surface area contributed by atoms with Gasteiger partial charge in [-0.05, 0) is 63.2 Å². The molecule has 28 heavy (non-hydrogen) atoms. The zero-order valence-electron chi connectivity index (χ0n) is 17.0.